The van der Waals surface area contributed by atoms with Crippen LogP contribution < -0.4 is 5.32 Å². The average Bonchev–Trinajstić information content (AvgIpc) is 2.38. The van der Waals surface area contributed by atoms with Gasteiger partial charge in [-0.3, -0.25) is 4.79 Å². The third-order valence-corrected chi connectivity index (χ3v) is 3.52. The molecule has 1 aromatic carbocycles. The minimum Gasteiger partial charge on any atom is -0.313 e. The molecule has 1 aliphatic carbocycles. The van der Waals surface area contributed by atoms with Gasteiger partial charge in [0.25, 0.3) is 0 Å². The first-order chi connectivity index (χ1) is 8.36. The number of hydrogen-bond acceptors (Lipinski definition) is 2. The predicted octanol–water partition coefficient (Wildman–Crippen LogP) is 2.93. The second-order valence-corrected chi connectivity index (χ2v) is 4.86. The van der Waals surface area contributed by atoms with E-state index in [9.17, 15) is 4.79 Å². The summed E-state index contributed by atoms with van der Waals surface area (Å²) in [5, 5.41) is 3.42. The van der Waals surface area contributed by atoms with Crippen LogP contribution in [0.4, 0.5) is 0 Å². The summed E-state index contributed by atoms with van der Waals surface area (Å²) in [5.41, 5.74) is 1.31. The second kappa shape index (κ2) is 6.55. The van der Waals surface area contributed by atoms with Crippen molar-refractivity contribution < 1.29 is 4.79 Å². The summed E-state index contributed by atoms with van der Waals surface area (Å²) in [6.45, 7) is 1.85. The Morgan fingerprint density at radius 3 is 2.76 bits per heavy atom. The number of carbonyl (C=O) groups excluding carboxylic acids is 1. The van der Waals surface area contributed by atoms with E-state index < -0.39 is 0 Å². The average molecular weight is 231 g/mol. The molecule has 0 aliphatic heterocycles. The largest absolute Gasteiger partial charge is 0.313 e. The van der Waals surface area contributed by atoms with E-state index in [1.54, 1.807) is 0 Å². The van der Waals surface area contributed by atoms with Crippen LogP contribution in [0.25, 0.3) is 0 Å². The maximum atomic E-state index is 11.6. The molecular formula is C15H21NO. The Kier molecular flexibility index (Phi) is 4.75. The summed E-state index contributed by atoms with van der Waals surface area (Å²) < 4.78 is 0. The molecule has 2 heteroatoms. The molecule has 2 rings (SSSR count). The van der Waals surface area contributed by atoms with Crippen molar-refractivity contribution in [3.05, 3.63) is 35.9 Å². The number of ketones is 1. The number of nitrogens with one attached hydrogen (secondary N) is 1. The van der Waals surface area contributed by atoms with Gasteiger partial charge in [0.2, 0.25) is 0 Å². The summed E-state index contributed by atoms with van der Waals surface area (Å²) in [4.78, 5) is 11.6. The van der Waals surface area contributed by atoms with Crippen LogP contribution in [0.1, 0.15) is 37.7 Å². The number of carbonyl (C=O) groups is 1. The van der Waals surface area contributed by atoms with Gasteiger partial charge in [-0.05, 0) is 31.4 Å². The molecule has 0 saturated heterocycles. The van der Waals surface area contributed by atoms with Crippen LogP contribution in [-0.2, 0) is 11.3 Å². The molecule has 0 spiro atoms. The monoisotopic (exact) mass is 231 g/mol. The lowest BCUT2D eigenvalue weighted by atomic mass is 9.86. The fraction of sp³-hybridized carbons (Fsp3) is 0.533. The zero-order valence-electron chi connectivity index (χ0n) is 10.3. The highest BCUT2D eigenvalue weighted by Crippen LogP contribution is 2.22. The van der Waals surface area contributed by atoms with Gasteiger partial charge in [-0.1, -0.05) is 36.8 Å². The van der Waals surface area contributed by atoms with Crippen LogP contribution in [0.5, 0.6) is 0 Å². The zero-order chi connectivity index (χ0) is 11.9. The lowest BCUT2D eigenvalue weighted by molar-refractivity contribution is -0.124. The highest BCUT2D eigenvalue weighted by atomic mass is 16.1. The molecule has 1 unspecified atom stereocenters. The fourth-order valence-electron chi connectivity index (χ4n) is 2.47. The van der Waals surface area contributed by atoms with Crippen molar-refractivity contribution in [2.75, 3.05) is 6.54 Å². The third-order valence-electron chi connectivity index (χ3n) is 3.52. The van der Waals surface area contributed by atoms with E-state index in [0.29, 0.717) is 11.7 Å². The van der Waals surface area contributed by atoms with Crippen molar-refractivity contribution in [3.63, 3.8) is 0 Å². The topological polar surface area (TPSA) is 29.1 Å². The Morgan fingerprint density at radius 2 is 2.00 bits per heavy atom. The smallest absolute Gasteiger partial charge is 0.136 e. The van der Waals surface area contributed by atoms with E-state index in [-0.39, 0.29) is 0 Å². The summed E-state index contributed by atoms with van der Waals surface area (Å²) in [6.07, 6.45) is 5.25. The Morgan fingerprint density at radius 1 is 1.18 bits per heavy atom. The molecule has 17 heavy (non-hydrogen) atoms. The Bertz CT molecular complexity index is 347. The first-order valence-corrected chi connectivity index (χ1v) is 6.63. The molecule has 0 radical (unpaired) electrons. The van der Waals surface area contributed by atoms with E-state index in [0.717, 1.165) is 38.8 Å². The highest BCUT2D eigenvalue weighted by Gasteiger charge is 2.21. The minimum absolute atomic E-state index is 0.326. The summed E-state index contributed by atoms with van der Waals surface area (Å²) in [7, 11) is 0. The van der Waals surface area contributed by atoms with Gasteiger partial charge in [0.15, 0.2) is 0 Å². The van der Waals surface area contributed by atoms with E-state index >= 15 is 0 Å². The molecule has 1 aliphatic rings. The molecule has 92 valence electrons. The fourth-order valence-corrected chi connectivity index (χ4v) is 2.47. The first-order valence-electron chi connectivity index (χ1n) is 6.63. The third kappa shape index (κ3) is 3.97. The minimum atomic E-state index is 0.326. The van der Waals surface area contributed by atoms with Gasteiger partial charge in [0.05, 0.1) is 0 Å². The van der Waals surface area contributed by atoms with Crippen molar-refractivity contribution in [3.8, 4) is 0 Å². The van der Waals surface area contributed by atoms with Crippen molar-refractivity contribution in [2.45, 2.75) is 38.6 Å². The van der Waals surface area contributed by atoms with E-state index in [2.05, 4.69) is 29.6 Å². The van der Waals surface area contributed by atoms with Crippen LogP contribution in [0, 0.1) is 5.92 Å². The van der Waals surface area contributed by atoms with Crippen molar-refractivity contribution >= 4 is 5.78 Å². The SMILES string of the molecule is O=C1CCCCC1CCNCc1ccccc1. The van der Waals surface area contributed by atoms with Gasteiger partial charge in [-0.2, -0.15) is 0 Å². The van der Waals surface area contributed by atoms with Crippen LogP contribution in [0.3, 0.4) is 0 Å². The molecule has 0 heterocycles. The van der Waals surface area contributed by atoms with Gasteiger partial charge in [0, 0.05) is 18.9 Å². The molecule has 0 aromatic heterocycles. The molecule has 1 N–H and O–H groups in total. The normalized spacial score (nSPS) is 20.5. The van der Waals surface area contributed by atoms with E-state index in [1.807, 2.05) is 6.07 Å². The standard InChI is InChI=1S/C15H21NO/c17-15-9-5-4-8-14(15)10-11-16-12-13-6-2-1-3-7-13/h1-3,6-7,14,16H,4-5,8-12H2. The molecular weight excluding hydrogens is 210 g/mol. The number of hydrogen-bond donors (Lipinski definition) is 1. The molecule has 1 atom stereocenters. The van der Waals surface area contributed by atoms with Crippen molar-refractivity contribution in [2.24, 2.45) is 5.92 Å². The molecule has 0 bridgehead atoms. The number of rotatable bonds is 5. The van der Waals surface area contributed by atoms with Crippen LogP contribution in [0.15, 0.2) is 30.3 Å². The Labute approximate surface area is 103 Å². The number of benzene rings is 1. The maximum Gasteiger partial charge on any atom is 0.136 e. The Hall–Kier alpha value is -1.15. The van der Waals surface area contributed by atoms with Gasteiger partial charge >= 0.3 is 0 Å². The summed E-state index contributed by atoms with van der Waals surface area (Å²) >= 11 is 0. The van der Waals surface area contributed by atoms with Gasteiger partial charge in [-0.15, -0.1) is 0 Å². The van der Waals surface area contributed by atoms with Gasteiger partial charge in [-0.25, -0.2) is 0 Å². The first kappa shape index (κ1) is 12.3. The van der Waals surface area contributed by atoms with Crippen molar-refractivity contribution in [1.82, 2.24) is 5.32 Å². The molecule has 1 fully saturated rings. The summed E-state index contributed by atoms with van der Waals surface area (Å²) in [6, 6.07) is 10.4. The Balaban J connectivity index is 1.64. The second-order valence-electron chi connectivity index (χ2n) is 4.86. The lowest BCUT2D eigenvalue weighted by Crippen LogP contribution is -2.24. The van der Waals surface area contributed by atoms with Crippen LogP contribution >= 0.6 is 0 Å². The van der Waals surface area contributed by atoms with Gasteiger partial charge in [0.1, 0.15) is 5.78 Å². The molecule has 2 nitrogen and oxygen atoms in total. The van der Waals surface area contributed by atoms with E-state index in [1.165, 1.54) is 12.0 Å². The molecule has 1 aromatic rings. The van der Waals surface area contributed by atoms with Gasteiger partial charge < -0.3 is 5.32 Å². The molecule has 0 amide bonds. The predicted molar refractivity (Wildman–Crippen MR) is 69.7 cm³/mol. The quantitative estimate of drug-likeness (QED) is 0.789. The van der Waals surface area contributed by atoms with Crippen LogP contribution in [0.2, 0.25) is 0 Å². The van der Waals surface area contributed by atoms with E-state index in [4.69, 9.17) is 0 Å². The maximum absolute atomic E-state index is 11.6. The van der Waals surface area contributed by atoms with Crippen molar-refractivity contribution in [1.29, 1.82) is 0 Å². The molecule has 1 saturated carbocycles. The summed E-state index contributed by atoms with van der Waals surface area (Å²) in [5.74, 6) is 0.810. The lowest BCUT2D eigenvalue weighted by Gasteiger charge is -2.20. The number of Topliss-reactive ketones (excluding diaryl/α,β-unsaturated/α-hetero) is 1. The highest BCUT2D eigenvalue weighted by molar-refractivity contribution is 5.81. The van der Waals surface area contributed by atoms with Crippen LogP contribution in [-0.4, -0.2) is 12.3 Å². The zero-order valence-corrected chi connectivity index (χ0v) is 10.3.